The van der Waals surface area contributed by atoms with Crippen molar-refractivity contribution in [3.05, 3.63) is 42.0 Å². The summed E-state index contributed by atoms with van der Waals surface area (Å²) >= 11 is 0. The average Bonchev–Trinajstić information content (AvgIpc) is 2.26. The van der Waals surface area contributed by atoms with Crippen LogP contribution in [0.3, 0.4) is 0 Å². The van der Waals surface area contributed by atoms with Gasteiger partial charge < -0.3 is 4.74 Å². The summed E-state index contributed by atoms with van der Waals surface area (Å²) in [4.78, 5) is 11.5. The van der Waals surface area contributed by atoms with Gasteiger partial charge >= 0.3 is 5.97 Å². The number of rotatable bonds is 4. The largest absolute Gasteiger partial charge is 0.423 e. The molecule has 1 rings (SSSR count). The summed E-state index contributed by atoms with van der Waals surface area (Å²) in [5, 5.41) is 0. The summed E-state index contributed by atoms with van der Waals surface area (Å²) < 4.78 is 5.21. The fourth-order valence-electron chi connectivity index (χ4n) is 2.60. The van der Waals surface area contributed by atoms with E-state index < -0.39 is 0 Å². The summed E-state index contributed by atoms with van der Waals surface area (Å²) in [5.74, 6) is 0.181. The molecule has 0 aliphatic carbocycles. The van der Waals surface area contributed by atoms with Crippen molar-refractivity contribution in [2.75, 3.05) is 0 Å². The van der Waals surface area contributed by atoms with Crippen LogP contribution in [0.2, 0.25) is 0 Å². The van der Waals surface area contributed by atoms with Crippen LogP contribution >= 0.6 is 0 Å². The van der Waals surface area contributed by atoms with Gasteiger partial charge in [0.1, 0.15) is 5.75 Å². The molecule has 2 nitrogen and oxygen atoms in total. The van der Waals surface area contributed by atoms with Crippen molar-refractivity contribution < 1.29 is 9.53 Å². The van der Waals surface area contributed by atoms with Crippen molar-refractivity contribution in [1.29, 1.82) is 0 Å². The minimum absolute atomic E-state index is 0.0924. The molecule has 0 aliphatic heterocycles. The number of hydrogen-bond acceptors (Lipinski definition) is 2. The van der Waals surface area contributed by atoms with Gasteiger partial charge in [0.2, 0.25) is 0 Å². The third-order valence-electron chi connectivity index (χ3n) is 3.17. The third-order valence-corrected chi connectivity index (χ3v) is 3.17. The topological polar surface area (TPSA) is 26.3 Å². The molecule has 0 radical (unpaired) electrons. The molecule has 0 saturated carbocycles. The van der Waals surface area contributed by atoms with E-state index in [0.717, 1.165) is 6.42 Å². The first kappa shape index (κ1) is 16.5. The number of carbonyl (C=O) groups is 1. The van der Waals surface area contributed by atoms with Gasteiger partial charge in [-0.2, -0.15) is 0 Å². The Morgan fingerprint density at radius 1 is 1.10 bits per heavy atom. The maximum atomic E-state index is 11.5. The predicted octanol–water partition coefficient (Wildman–Crippen LogP) is 4.88. The molecule has 0 unspecified atom stereocenters. The van der Waals surface area contributed by atoms with E-state index in [9.17, 15) is 4.79 Å². The zero-order valence-corrected chi connectivity index (χ0v) is 13.5. The molecule has 0 amide bonds. The summed E-state index contributed by atoms with van der Waals surface area (Å²) in [6, 6.07) is 7.76. The molecule has 0 heterocycles. The van der Waals surface area contributed by atoms with E-state index in [1.807, 2.05) is 24.3 Å². The van der Waals surface area contributed by atoms with E-state index in [-0.39, 0.29) is 16.8 Å². The maximum Gasteiger partial charge on any atom is 0.338 e. The summed E-state index contributed by atoms with van der Waals surface area (Å²) in [6.45, 7) is 16.4. The first-order valence-electron chi connectivity index (χ1n) is 6.99. The fraction of sp³-hybridized carbons (Fsp3) is 0.500. The van der Waals surface area contributed by atoms with Crippen LogP contribution in [0.4, 0.5) is 0 Å². The van der Waals surface area contributed by atoms with Gasteiger partial charge in [-0.1, -0.05) is 53.3 Å². The molecule has 110 valence electrons. The Balaban J connectivity index is 2.85. The minimum atomic E-state index is -0.383. The van der Waals surface area contributed by atoms with E-state index in [2.05, 4.69) is 41.2 Å². The number of ether oxygens (including phenoxy) is 1. The Kier molecular flexibility index (Phi) is 4.80. The highest BCUT2D eigenvalue weighted by atomic mass is 16.5. The van der Waals surface area contributed by atoms with Crippen LogP contribution < -0.4 is 4.74 Å². The molecule has 1 aromatic carbocycles. The second-order valence-corrected chi connectivity index (χ2v) is 7.32. The minimum Gasteiger partial charge on any atom is -0.423 e. The Morgan fingerprint density at radius 2 is 1.60 bits per heavy atom. The van der Waals surface area contributed by atoms with Crippen molar-refractivity contribution in [2.45, 2.75) is 53.4 Å². The van der Waals surface area contributed by atoms with E-state index >= 15 is 0 Å². The monoisotopic (exact) mass is 274 g/mol. The van der Waals surface area contributed by atoms with Crippen LogP contribution in [0.15, 0.2) is 36.4 Å². The molecular weight excluding hydrogens is 248 g/mol. The molecule has 0 atom stereocenters. The van der Waals surface area contributed by atoms with E-state index in [1.54, 1.807) is 6.92 Å². The molecule has 0 bridgehead atoms. The van der Waals surface area contributed by atoms with Gasteiger partial charge in [0, 0.05) is 5.57 Å². The molecule has 0 aromatic heterocycles. The highest BCUT2D eigenvalue weighted by Gasteiger charge is 2.27. The highest BCUT2D eigenvalue weighted by molar-refractivity contribution is 5.88. The third kappa shape index (κ3) is 4.84. The number of benzene rings is 1. The highest BCUT2D eigenvalue weighted by Crippen LogP contribution is 2.36. The average molecular weight is 274 g/mol. The molecular formula is C18H26O2. The van der Waals surface area contributed by atoms with Crippen molar-refractivity contribution in [3.8, 4) is 5.75 Å². The molecule has 0 aliphatic rings. The lowest BCUT2D eigenvalue weighted by atomic mass is 9.72. The molecule has 0 saturated heterocycles. The molecule has 2 heteroatoms. The van der Waals surface area contributed by atoms with Crippen LogP contribution in [0.1, 0.15) is 53.5 Å². The quantitative estimate of drug-likeness (QED) is 0.444. The first-order valence-corrected chi connectivity index (χ1v) is 6.99. The summed E-state index contributed by atoms with van der Waals surface area (Å²) in [7, 11) is 0. The lowest BCUT2D eigenvalue weighted by Gasteiger charge is -2.33. The standard InChI is InChI=1S/C18H26O2/c1-13(2)16(19)20-15-10-8-14(9-11-15)18(6,7)12-17(3,4)5/h8-11H,1,12H2,2-7H3. The van der Waals surface area contributed by atoms with Crippen LogP contribution in [0, 0.1) is 5.41 Å². The first-order chi connectivity index (χ1) is 9.01. The van der Waals surface area contributed by atoms with Crippen LogP contribution in [-0.2, 0) is 10.2 Å². The van der Waals surface area contributed by atoms with Gasteiger partial charge in [0.25, 0.3) is 0 Å². The van der Waals surface area contributed by atoms with E-state index in [0.29, 0.717) is 11.3 Å². The van der Waals surface area contributed by atoms with Gasteiger partial charge in [-0.15, -0.1) is 0 Å². The zero-order valence-electron chi connectivity index (χ0n) is 13.5. The van der Waals surface area contributed by atoms with Gasteiger partial charge in [0.15, 0.2) is 0 Å². The van der Waals surface area contributed by atoms with Gasteiger partial charge in [-0.25, -0.2) is 4.79 Å². The predicted molar refractivity (Wildman–Crippen MR) is 84.0 cm³/mol. The van der Waals surface area contributed by atoms with E-state index in [4.69, 9.17) is 4.74 Å². The second kappa shape index (κ2) is 5.82. The Hall–Kier alpha value is -1.57. The van der Waals surface area contributed by atoms with Gasteiger partial charge in [-0.05, 0) is 41.9 Å². The molecule has 20 heavy (non-hydrogen) atoms. The lowest BCUT2D eigenvalue weighted by molar-refractivity contribution is -0.130. The molecule has 0 spiro atoms. The second-order valence-electron chi connectivity index (χ2n) is 7.32. The van der Waals surface area contributed by atoms with Gasteiger partial charge in [-0.3, -0.25) is 0 Å². The number of carbonyl (C=O) groups excluding carboxylic acids is 1. The Morgan fingerprint density at radius 3 is 2.00 bits per heavy atom. The molecule has 0 N–H and O–H groups in total. The SMILES string of the molecule is C=C(C)C(=O)Oc1ccc(C(C)(C)CC(C)(C)C)cc1. The molecule has 0 fully saturated rings. The van der Waals surface area contributed by atoms with Crippen molar-refractivity contribution >= 4 is 5.97 Å². The normalized spacial score (nSPS) is 12.1. The van der Waals surface area contributed by atoms with Gasteiger partial charge in [0.05, 0.1) is 0 Å². The zero-order chi connectivity index (χ0) is 15.6. The van der Waals surface area contributed by atoms with Crippen LogP contribution in [-0.4, -0.2) is 5.97 Å². The van der Waals surface area contributed by atoms with E-state index in [1.165, 1.54) is 5.56 Å². The lowest BCUT2D eigenvalue weighted by Crippen LogP contribution is -2.24. The van der Waals surface area contributed by atoms with Crippen molar-refractivity contribution in [3.63, 3.8) is 0 Å². The number of esters is 1. The Labute approximate surface area is 122 Å². The number of hydrogen-bond donors (Lipinski definition) is 0. The summed E-state index contributed by atoms with van der Waals surface area (Å²) in [6.07, 6.45) is 1.09. The summed E-state index contributed by atoms with van der Waals surface area (Å²) in [5.41, 5.74) is 2.02. The maximum absolute atomic E-state index is 11.5. The smallest absolute Gasteiger partial charge is 0.338 e. The molecule has 1 aromatic rings. The van der Waals surface area contributed by atoms with Crippen molar-refractivity contribution in [2.24, 2.45) is 5.41 Å². The fourth-order valence-corrected chi connectivity index (χ4v) is 2.60. The van der Waals surface area contributed by atoms with Crippen LogP contribution in [0.25, 0.3) is 0 Å². The van der Waals surface area contributed by atoms with Crippen LogP contribution in [0.5, 0.6) is 5.75 Å². The Bertz CT molecular complexity index is 487. The van der Waals surface area contributed by atoms with Crippen molar-refractivity contribution in [1.82, 2.24) is 0 Å².